The van der Waals surface area contributed by atoms with Crippen molar-refractivity contribution in [3.8, 4) is 0 Å². The molecule has 5 rings (SSSR count). The molecule has 36 heavy (non-hydrogen) atoms. The molecule has 0 radical (unpaired) electrons. The average Bonchev–Trinajstić information content (AvgIpc) is 3.34. The fourth-order valence-corrected chi connectivity index (χ4v) is 5.17. The number of aromatic nitrogens is 1. The smallest absolute Gasteiger partial charge is 0.269 e. The summed E-state index contributed by atoms with van der Waals surface area (Å²) in [5.41, 5.74) is 5.53. The van der Waals surface area contributed by atoms with Crippen LogP contribution in [0.15, 0.2) is 76.6 Å². The van der Waals surface area contributed by atoms with Gasteiger partial charge in [0.1, 0.15) is 0 Å². The second-order valence-corrected chi connectivity index (χ2v) is 9.83. The molecule has 1 aromatic heterocycles. The highest BCUT2D eigenvalue weighted by Crippen LogP contribution is 2.34. The normalized spacial score (nSPS) is 15.7. The van der Waals surface area contributed by atoms with Crippen molar-refractivity contribution in [1.82, 2.24) is 9.88 Å². The molecule has 1 saturated heterocycles. The van der Waals surface area contributed by atoms with Crippen molar-refractivity contribution in [2.24, 2.45) is 4.99 Å². The van der Waals surface area contributed by atoms with E-state index in [2.05, 4.69) is 14.9 Å². The minimum atomic E-state index is -0.403. The van der Waals surface area contributed by atoms with Gasteiger partial charge in [0.25, 0.3) is 11.6 Å². The van der Waals surface area contributed by atoms with E-state index in [1.807, 2.05) is 62.4 Å². The highest BCUT2D eigenvalue weighted by atomic mass is 35.5. The third kappa shape index (κ3) is 4.53. The van der Waals surface area contributed by atoms with Crippen molar-refractivity contribution < 1.29 is 9.72 Å². The predicted molar refractivity (Wildman–Crippen MR) is 146 cm³/mol. The summed E-state index contributed by atoms with van der Waals surface area (Å²) >= 11 is 7.50. The average molecular weight is 517 g/mol. The second-order valence-electron chi connectivity index (χ2n) is 8.39. The number of aliphatic imine (C=N–C) groups is 1. The van der Waals surface area contributed by atoms with Crippen molar-refractivity contribution >= 4 is 62.8 Å². The number of amides is 1. The Morgan fingerprint density at radius 3 is 2.58 bits per heavy atom. The molecule has 7 nitrogen and oxygen atoms in total. The van der Waals surface area contributed by atoms with Crippen LogP contribution in [0, 0.1) is 24.0 Å². The van der Waals surface area contributed by atoms with E-state index < -0.39 is 4.92 Å². The lowest BCUT2D eigenvalue weighted by atomic mass is 10.1. The van der Waals surface area contributed by atoms with Gasteiger partial charge in [-0.15, -0.1) is 0 Å². The molecule has 9 heteroatoms. The number of amidine groups is 1. The van der Waals surface area contributed by atoms with Gasteiger partial charge in [0.15, 0.2) is 5.17 Å². The number of nitro benzene ring substituents is 1. The molecule has 0 spiro atoms. The maximum atomic E-state index is 12.8. The minimum absolute atomic E-state index is 0.0629. The molecule has 2 heterocycles. The number of nitrogens with one attached hydrogen (secondary N) is 1. The van der Waals surface area contributed by atoms with Crippen LogP contribution in [0.5, 0.6) is 0 Å². The lowest BCUT2D eigenvalue weighted by Gasteiger charge is -2.09. The lowest BCUT2D eigenvalue weighted by Crippen LogP contribution is -2.19. The van der Waals surface area contributed by atoms with Crippen molar-refractivity contribution in [3.05, 3.63) is 109 Å². The fourth-order valence-electron chi connectivity index (χ4n) is 4.19. The maximum absolute atomic E-state index is 12.8. The van der Waals surface area contributed by atoms with E-state index in [1.54, 1.807) is 12.1 Å². The number of benzene rings is 3. The van der Waals surface area contributed by atoms with Crippen LogP contribution >= 0.6 is 23.4 Å². The van der Waals surface area contributed by atoms with Crippen molar-refractivity contribution in [2.45, 2.75) is 20.4 Å². The van der Waals surface area contributed by atoms with E-state index in [-0.39, 0.29) is 11.6 Å². The molecule has 0 saturated carbocycles. The number of hydrogen-bond acceptors (Lipinski definition) is 5. The van der Waals surface area contributed by atoms with Gasteiger partial charge < -0.3 is 9.88 Å². The van der Waals surface area contributed by atoms with Crippen molar-refractivity contribution in [1.29, 1.82) is 0 Å². The van der Waals surface area contributed by atoms with Crippen LogP contribution in [0.2, 0.25) is 5.02 Å². The summed E-state index contributed by atoms with van der Waals surface area (Å²) in [5, 5.41) is 16.0. The van der Waals surface area contributed by atoms with E-state index in [0.717, 1.165) is 33.3 Å². The van der Waals surface area contributed by atoms with Gasteiger partial charge in [0.05, 0.1) is 15.5 Å². The largest absolute Gasteiger partial charge is 0.340 e. The van der Waals surface area contributed by atoms with Gasteiger partial charge in [0, 0.05) is 45.9 Å². The number of nitrogens with zero attached hydrogens (tertiary/aromatic N) is 3. The van der Waals surface area contributed by atoms with Crippen molar-refractivity contribution in [3.63, 3.8) is 0 Å². The molecule has 3 aromatic carbocycles. The van der Waals surface area contributed by atoms with Crippen LogP contribution in [0.4, 0.5) is 11.4 Å². The third-order valence-electron chi connectivity index (χ3n) is 6.15. The van der Waals surface area contributed by atoms with Crippen LogP contribution in [0.25, 0.3) is 17.0 Å². The van der Waals surface area contributed by atoms with Crippen LogP contribution in [-0.2, 0) is 11.3 Å². The summed E-state index contributed by atoms with van der Waals surface area (Å²) in [4.78, 5) is 28.5. The summed E-state index contributed by atoms with van der Waals surface area (Å²) in [6.07, 6.45) is 1.90. The van der Waals surface area contributed by atoms with E-state index in [9.17, 15) is 14.9 Å². The zero-order chi connectivity index (χ0) is 25.4. The second kappa shape index (κ2) is 9.64. The quantitative estimate of drug-likeness (QED) is 0.180. The Hall–Kier alpha value is -3.88. The first kappa shape index (κ1) is 23.8. The lowest BCUT2D eigenvalue weighted by molar-refractivity contribution is -0.384. The zero-order valence-electron chi connectivity index (χ0n) is 19.5. The number of hydrogen-bond donors (Lipinski definition) is 1. The van der Waals surface area contributed by atoms with E-state index >= 15 is 0 Å². The predicted octanol–water partition coefficient (Wildman–Crippen LogP) is 6.76. The topological polar surface area (TPSA) is 89.5 Å². The first-order valence-corrected chi connectivity index (χ1v) is 12.4. The van der Waals surface area contributed by atoms with E-state index in [4.69, 9.17) is 11.6 Å². The molecule has 0 unspecified atom stereocenters. The highest BCUT2D eigenvalue weighted by Gasteiger charge is 2.25. The maximum Gasteiger partial charge on any atom is 0.269 e. The molecule has 0 bridgehead atoms. The van der Waals surface area contributed by atoms with Gasteiger partial charge >= 0.3 is 0 Å². The molecule has 1 amide bonds. The molecule has 4 aromatic rings. The third-order valence-corrected chi connectivity index (χ3v) is 7.47. The summed E-state index contributed by atoms with van der Waals surface area (Å²) in [6, 6.07) is 20.1. The molecular formula is C27H21ClN4O3S. The molecule has 180 valence electrons. The first-order valence-electron chi connectivity index (χ1n) is 11.2. The Morgan fingerprint density at radius 2 is 1.83 bits per heavy atom. The number of rotatable bonds is 5. The summed E-state index contributed by atoms with van der Waals surface area (Å²) < 4.78 is 2.16. The molecular weight excluding hydrogens is 496 g/mol. The SMILES string of the molecule is Cc1c(Cl)cccc1N=C1NC(=O)/C(=C\c2c(C)n(Cc3ccc([N+](=O)[O-])cc3)c3ccccc23)S1. The van der Waals surface area contributed by atoms with Gasteiger partial charge in [-0.1, -0.05) is 48.0 Å². The van der Waals surface area contributed by atoms with Crippen molar-refractivity contribution in [2.75, 3.05) is 0 Å². The van der Waals surface area contributed by atoms with Gasteiger partial charge in [-0.05, 0) is 61.0 Å². The van der Waals surface area contributed by atoms with Gasteiger partial charge in [-0.3, -0.25) is 14.9 Å². The number of fused-ring (bicyclic) bond motifs is 1. The highest BCUT2D eigenvalue weighted by molar-refractivity contribution is 8.18. The van der Waals surface area contributed by atoms with Gasteiger partial charge in [-0.25, -0.2) is 4.99 Å². The zero-order valence-corrected chi connectivity index (χ0v) is 21.1. The van der Waals surface area contributed by atoms with Crippen LogP contribution in [-0.4, -0.2) is 20.6 Å². The van der Waals surface area contributed by atoms with E-state index in [0.29, 0.717) is 27.3 Å². The number of nitro groups is 1. The standard InChI is InChI=1S/C27H21ClN4O3S/c1-16-22(28)7-5-8-23(16)29-27-30-26(33)25(36-27)14-21-17(2)31(24-9-4-3-6-20(21)24)15-18-10-12-19(13-11-18)32(34)35/h3-14H,15H2,1-2H3,(H,29,30,33)/b25-14+. The summed E-state index contributed by atoms with van der Waals surface area (Å²) in [6.45, 7) is 4.45. The Kier molecular flexibility index (Phi) is 6.38. The number of carbonyl (C=O) groups is 1. The summed E-state index contributed by atoms with van der Waals surface area (Å²) in [7, 11) is 0. The minimum Gasteiger partial charge on any atom is -0.340 e. The fraction of sp³-hybridized carbons (Fsp3) is 0.111. The number of para-hydroxylation sites is 1. The number of carbonyl (C=O) groups excluding carboxylic acids is 1. The van der Waals surface area contributed by atoms with Crippen LogP contribution < -0.4 is 5.32 Å². The van der Waals surface area contributed by atoms with Gasteiger partial charge in [0.2, 0.25) is 0 Å². The molecule has 0 atom stereocenters. The Morgan fingerprint density at radius 1 is 1.08 bits per heavy atom. The van der Waals surface area contributed by atoms with E-state index in [1.165, 1.54) is 23.9 Å². The first-order chi connectivity index (χ1) is 17.3. The Balaban J connectivity index is 1.50. The Bertz CT molecular complexity index is 1590. The number of thioether (sulfide) groups is 1. The summed E-state index contributed by atoms with van der Waals surface area (Å²) in [5.74, 6) is -0.204. The Labute approximate surface area is 216 Å². The van der Waals surface area contributed by atoms with Crippen LogP contribution in [0.3, 0.4) is 0 Å². The number of non-ortho nitro benzene ring substituents is 1. The van der Waals surface area contributed by atoms with Gasteiger partial charge in [-0.2, -0.15) is 0 Å². The molecule has 1 aliphatic heterocycles. The molecule has 0 aliphatic carbocycles. The monoisotopic (exact) mass is 516 g/mol. The molecule has 1 N–H and O–H groups in total. The molecule has 1 aliphatic rings. The van der Waals surface area contributed by atoms with Crippen LogP contribution in [0.1, 0.15) is 22.4 Å². The number of halogens is 1. The molecule has 1 fully saturated rings.